The highest BCUT2D eigenvalue weighted by atomic mass is 35.5. The van der Waals surface area contributed by atoms with Crippen molar-refractivity contribution in [3.8, 4) is 0 Å². The van der Waals surface area contributed by atoms with Gasteiger partial charge in [-0.1, -0.05) is 24.8 Å². The van der Waals surface area contributed by atoms with E-state index in [2.05, 4.69) is 13.2 Å². The summed E-state index contributed by atoms with van der Waals surface area (Å²) < 4.78 is 0. The van der Waals surface area contributed by atoms with E-state index in [-0.39, 0.29) is 24.8 Å². The number of allylic oxidation sites excluding steroid dienone is 2. The van der Waals surface area contributed by atoms with Gasteiger partial charge >= 0.3 is 0 Å². The smallest absolute Gasteiger partial charge is 0.0404 e. The van der Waals surface area contributed by atoms with Crippen LogP contribution < -0.4 is 0 Å². The average Bonchev–Trinajstić information content (AvgIpc) is 1.38. The number of hydrogen-bond donors (Lipinski definition) is 0. The van der Waals surface area contributed by atoms with E-state index in [1.54, 1.807) is 6.08 Å². The molecule has 0 aromatic carbocycles. The monoisotopic (exact) mass is 140 g/mol. The Morgan fingerprint density at radius 2 is 1.57 bits per heavy atom. The van der Waals surface area contributed by atoms with Gasteiger partial charge in [-0.25, -0.2) is 0 Å². The van der Waals surface area contributed by atoms with Gasteiger partial charge in [-0.2, -0.15) is 0 Å². The molecular weight excluding hydrogens is 131 g/mol. The predicted molar refractivity (Wildman–Crippen MR) is 39.5 cm³/mol. The molecule has 7 heavy (non-hydrogen) atoms. The van der Waals surface area contributed by atoms with Crippen molar-refractivity contribution in [3.63, 3.8) is 0 Å². The number of hydrogen-bond acceptors (Lipinski definition) is 0. The lowest BCUT2D eigenvalue weighted by atomic mass is 10.4. The summed E-state index contributed by atoms with van der Waals surface area (Å²) in [6, 6.07) is 0. The zero-order valence-corrected chi connectivity index (χ0v) is 5.94. The maximum Gasteiger partial charge on any atom is -0.0404 e. The molecule has 0 atom stereocenters. The highest BCUT2D eigenvalue weighted by Crippen LogP contribution is 1.81. The molecule has 0 aliphatic rings. The van der Waals surface area contributed by atoms with Crippen LogP contribution in [-0.2, 0) is 0 Å². The first-order valence-electron chi connectivity index (χ1n) is 1.55. The van der Waals surface area contributed by atoms with Crippen LogP contribution in [0.4, 0.5) is 0 Å². The Labute approximate surface area is 57.1 Å². The van der Waals surface area contributed by atoms with Crippen LogP contribution in [0, 0.1) is 0 Å². The molecular formula is C5H10Cl2. The molecule has 0 saturated heterocycles. The van der Waals surface area contributed by atoms with Crippen molar-refractivity contribution >= 4 is 24.8 Å². The molecule has 0 rings (SSSR count). The Hall–Kier alpha value is 0.0600. The lowest BCUT2D eigenvalue weighted by Gasteiger charge is -1.71. The van der Waals surface area contributed by atoms with Gasteiger partial charge in [0.05, 0.1) is 0 Å². The van der Waals surface area contributed by atoms with E-state index in [1.165, 1.54) is 0 Å². The third kappa shape index (κ3) is 23.5. The van der Waals surface area contributed by atoms with E-state index >= 15 is 0 Å². The minimum Gasteiger partial charge on any atom is -0.147 e. The Kier molecular flexibility index (Phi) is 21.2. The summed E-state index contributed by atoms with van der Waals surface area (Å²) in [6.45, 7) is 8.93. The summed E-state index contributed by atoms with van der Waals surface area (Å²) in [5.74, 6) is 0. The summed E-state index contributed by atoms with van der Waals surface area (Å²) in [4.78, 5) is 0. The fourth-order valence-corrected chi connectivity index (χ4v) is 0. The van der Waals surface area contributed by atoms with Gasteiger partial charge in [0.25, 0.3) is 0 Å². The van der Waals surface area contributed by atoms with Crippen LogP contribution in [0.2, 0.25) is 0 Å². The quantitative estimate of drug-likeness (QED) is 0.492. The minimum absolute atomic E-state index is 0. The largest absolute Gasteiger partial charge is 0.147 e. The van der Waals surface area contributed by atoms with Crippen LogP contribution in [0.1, 0.15) is 6.92 Å². The van der Waals surface area contributed by atoms with Crippen molar-refractivity contribution < 1.29 is 0 Å². The molecule has 0 aromatic heterocycles. The molecule has 0 bridgehead atoms. The summed E-state index contributed by atoms with van der Waals surface area (Å²) in [7, 11) is 0. The van der Waals surface area contributed by atoms with E-state index in [9.17, 15) is 0 Å². The van der Waals surface area contributed by atoms with Crippen LogP contribution in [0.3, 0.4) is 0 Å². The Morgan fingerprint density at radius 3 is 1.57 bits per heavy atom. The molecule has 0 aliphatic heterocycles. The molecule has 0 spiro atoms. The SMILES string of the molecule is C=CC(=C)C.Cl.Cl. The Bertz CT molecular complexity index is 57.1. The van der Waals surface area contributed by atoms with E-state index in [1.807, 2.05) is 6.92 Å². The molecule has 0 unspecified atom stereocenters. The first-order chi connectivity index (χ1) is 2.27. The predicted octanol–water partition coefficient (Wildman–Crippen LogP) is 2.59. The van der Waals surface area contributed by atoms with E-state index in [0.29, 0.717) is 0 Å². The zero-order valence-electron chi connectivity index (χ0n) is 4.31. The van der Waals surface area contributed by atoms with Gasteiger partial charge < -0.3 is 0 Å². The summed E-state index contributed by atoms with van der Waals surface area (Å²) >= 11 is 0. The van der Waals surface area contributed by atoms with Gasteiger partial charge in [0.15, 0.2) is 0 Å². The Morgan fingerprint density at radius 1 is 1.43 bits per heavy atom. The van der Waals surface area contributed by atoms with Crippen molar-refractivity contribution in [2.24, 2.45) is 0 Å². The fourth-order valence-electron chi connectivity index (χ4n) is 0. The molecule has 0 heterocycles. The second kappa shape index (κ2) is 9.41. The summed E-state index contributed by atoms with van der Waals surface area (Å²) in [6.07, 6.45) is 1.72. The topological polar surface area (TPSA) is 0 Å². The van der Waals surface area contributed by atoms with Crippen LogP contribution in [0.5, 0.6) is 0 Å². The molecule has 0 radical (unpaired) electrons. The highest BCUT2D eigenvalue weighted by Gasteiger charge is 1.59. The Balaban J connectivity index is -0.0000000800. The molecule has 0 N–H and O–H groups in total. The number of halogens is 2. The second-order valence-electron chi connectivity index (χ2n) is 1.05. The normalized spacial score (nSPS) is 4.71. The first kappa shape index (κ1) is 15.7. The molecule has 0 nitrogen and oxygen atoms in total. The van der Waals surface area contributed by atoms with E-state index in [0.717, 1.165) is 5.57 Å². The molecule has 0 amide bonds. The van der Waals surface area contributed by atoms with Crippen LogP contribution in [0.15, 0.2) is 24.8 Å². The lowest BCUT2D eigenvalue weighted by molar-refractivity contribution is 1.58. The number of rotatable bonds is 1. The fraction of sp³-hybridized carbons (Fsp3) is 0.200. The van der Waals surface area contributed by atoms with Crippen LogP contribution in [0.25, 0.3) is 0 Å². The third-order valence-electron chi connectivity index (χ3n) is 0.348. The van der Waals surface area contributed by atoms with Crippen molar-refractivity contribution in [1.82, 2.24) is 0 Å². The average molecular weight is 141 g/mol. The summed E-state index contributed by atoms with van der Waals surface area (Å²) in [5, 5.41) is 0. The van der Waals surface area contributed by atoms with E-state index in [4.69, 9.17) is 0 Å². The molecule has 0 aliphatic carbocycles. The third-order valence-corrected chi connectivity index (χ3v) is 0.348. The maximum absolute atomic E-state index is 3.56. The molecule has 0 saturated carbocycles. The molecule has 0 aromatic rings. The van der Waals surface area contributed by atoms with Crippen molar-refractivity contribution in [3.05, 3.63) is 24.8 Å². The molecule has 2 heteroatoms. The molecule has 0 fully saturated rings. The van der Waals surface area contributed by atoms with Gasteiger partial charge in [-0.3, -0.25) is 0 Å². The van der Waals surface area contributed by atoms with Gasteiger partial charge in [0.1, 0.15) is 0 Å². The highest BCUT2D eigenvalue weighted by molar-refractivity contribution is 5.85. The second-order valence-corrected chi connectivity index (χ2v) is 1.05. The summed E-state index contributed by atoms with van der Waals surface area (Å²) in [5.41, 5.74) is 1.02. The van der Waals surface area contributed by atoms with Gasteiger partial charge in [0.2, 0.25) is 0 Å². The van der Waals surface area contributed by atoms with Crippen molar-refractivity contribution in [2.45, 2.75) is 6.92 Å². The minimum atomic E-state index is 0. The maximum atomic E-state index is 3.56. The standard InChI is InChI=1S/C5H8.2ClH/c1-4-5(2)3;;/h4H,1-2H2,3H3;2*1H. The van der Waals surface area contributed by atoms with Gasteiger partial charge in [-0.05, 0) is 6.92 Å². The first-order valence-corrected chi connectivity index (χ1v) is 1.55. The lowest BCUT2D eigenvalue weighted by Crippen LogP contribution is -1.50. The van der Waals surface area contributed by atoms with Crippen LogP contribution in [-0.4, -0.2) is 0 Å². The van der Waals surface area contributed by atoms with E-state index < -0.39 is 0 Å². The van der Waals surface area contributed by atoms with Gasteiger partial charge in [-0.15, -0.1) is 24.8 Å². The van der Waals surface area contributed by atoms with Crippen molar-refractivity contribution in [1.29, 1.82) is 0 Å². The van der Waals surface area contributed by atoms with Crippen molar-refractivity contribution in [2.75, 3.05) is 0 Å². The zero-order chi connectivity index (χ0) is 4.28. The van der Waals surface area contributed by atoms with Crippen LogP contribution >= 0.6 is 24.8 Å². The molecule has 44 valence electrons. The van der Waals surface area contributed by atoms with Gasteiger partial charge in [0, 0.05) is 0 Å².